The summed E-state index contributed by atoms with van der Waals surface area (Å²) < 4.78 is 12.8. The van der Waals surface area contributed by atoms with Crippen LogP contribution in [-0.4, -0.2) is 22.4 Å². The SMILES string of the molecule is O=C(O)c1c(-c2ccccc2)c2cc(Cc3ccccc3)ccc2n1Cc1cc2c(cc1Cl)OCO2. The number of ether oxygens (including phenoxy) is 2. The molecule has 0 atom stereocenters. The third-order valence-corrected chi connectivity index (χ3v) is 6.87. The topological polar surface area (TPSA) is 60.7 Å². The van der Waals surface area contributed by atoms with Crippen LogP contribution in [0, 0.1) is 0 Å². The first kappa shape index (κ1) is 22.3. The average Bonchev–Trinajstić information content (AvgIpc) is 3.47. The number of carboxylic acid groups (broad SMARTS) is 1. The molecule has 6 rings (SSSR count). The summed E-state index contributed by atoms with van der Waals surface area (Å²) in [6.07, 6.45) is 0.757. The molecule has 0 aliphatic carbocycles. The van der Waals surface area contributed by atoms with E-state index in [0.29, 0.717) is 22.1 Å². The Morgan fingerprint density at radius 2 is 1.56 bits per heavy atom. The molecule has 1 N–H and O–H groups in total. The Balaban J connectivity index is 1.55. The molecule has 2 heterocycles. The molecule has 36 heavy (non-hydrogen) atoms. The zero-order valence-electron chi connectivity index (χ0n) is 19.3. The van der Waals surface area contributed by atoms with Crippen LogP contribution in [-0.2, 0) is 13.0 Å². The molecular weight excluding hydrogens is 474 g/mol. The van der Waals surface area contributed by atoms with Crippen molar-refractivity contribution in [2.45, 2.75) is 13.0 Å². The fourth-order valence-corrected chi connectivity index (χ4v) is 5.09. The summed E-state index contributed by atoms with van der Waals surface area (Å²) in [6.45, 7) is 0.419. The number of halogens is 1. The van der Waals surface area contributed by atoms with E-state index in [9.17, 15) is 9.90 Å². The van der Waals surface area contributed by atoms with Crippen LogP contribution in [0.2, 0.25) is 5.02 Å². The van der Waals surface area contributed by atoms with Gasteiger partial charge in [0.1, 0.15) is 5.69 Å². The van der Waals surface area contributed by atoms with Gasteiger partial charge in [-0.3, -0.25) is 0 Å². The first-order valence-corrected chi connectivity index (χ1v) is 12.0. The molecule has 1 aromatic heterocycles. The maximum atomic E-state index is 12.7. The minimum absolute atomic E-state index is 0.143. The number of fused-ring (bicyclic) bond motifs is 2. The number of benzene rings is 4. The fraction of sp³-hybridized carbons (Fsp3) is 0.100. The molecule has 5 aromatic rings. The summed E-state index contributed by atoms with van der Waals surface area (Å²) >= 11 is 6.58. The van der Waals surface area contributed by atoms with E-state index in [2.05, 4.69) is 24.3 Å². The largest absolute Gasteiger partial charge is 0.477 e. The van der Waals surface area contributed by atoms with E-state index in [0.717, 1.165) is 34.0 Å². The van der Waals surface area contributed by atoms with Crippen molar-refractivity contribution in [3.8, 4) is 22.6 Å². The van der Waals surface area contributed by atoms with Gasteiger partial charge >= 0.3 is 5.97 Å². The second-order valence-electron chi connectivity index (χ2n) is 8.79. The summed E-state index contributed by atoms with van der Waals surface area (Å²) in [5.41, 5.74) is 5.67. The zero-order valence-corrected chi connectivity index (χ0v) is 20.0. The maximum absolute atomic E-state index is 12.7. The van der Waals surface area contributed by atoms with Crippen molar-refractivity contribution in [2.24, 2.45) is 0 Å². The smallest absolute Gasteiger partial charge is 0.353 e. The van der Waals surface area contributed by atoms with Gasteiger partial charge in [0.2, 0.25) is 6.79 Å². The van der Waals surface area contributed by atoms with Crippen molar-refractivity contribution in [1.29, 1.82) is 0 Å². The van der Waals surface area contributed by atoms with Gasteiger partial charge in [-0.15, -0.1) is 0 Å². The van der Waals surface area contributed by atoms with E-state index in [1.165, 1.54) is 5.56 Å². The van der Waals surface area contributed by atoms with Crippen molar-refractivity contribution < 1.29 is 19.4 Å². The molecule has 0 bridgehead atoms. The van der Waals surface area contributed by atoms with Crippen LogP contribution in [0.15, 0.2) is 91.0 Å². The normalized spacial score (nSPS) is 12.2. The van der Waals surface area contributed by atoms with Gasteiger partial charge in [0.05, 0.1) is 6.54 Å². The van der Waals surface area contributed by atoms with Crippen LogP contribution in [0.3, 0.4) is 0 Å². The lowest BCUT2D eigenvalue weighted by Crippen LogP contribution is -2.11. The predicted octanol–water partition coefficient (Wildman–Crippen LogP) is 7.03. The van der Waals surface area contributed by atoms with E-state index >= 15 is 0 Å². The molecule has 0 fully saturated rings. The van der Waals surface area contributed by atoms with Gasteiger partial charge < -0.3 is 19.1 Å². The Morgan fingerprint density at radius 1 is 0.861 bits per heavy atom. The van der Waals surface area contributed by atoms with E-state index in [1.807, 2.05) is 65.2 Å². The number of carbonyl (C=O) groups is 1. The van der Waals surface area contributed by atoms with Crippen LogP contribution < -0.4 is 9.47 Å². The maximum Gasteiger partial charge on any atom is 0.353 e. The highest BCUT2D eigenvalue weighted by atomic mass is 35.5. The van der Waals surface area contributed by atoms with Crippen molar-refractivity contribution in [2.75, 3.05) is 6.79 Å². The minimum atomic E-state index is -0.994. The number of rotatable bonds is 6. The van der Waals surface area contributed by atoms with E-state index in [4.69, 9.17) is 21.1 Å². The van der Waals surface area contributed by atoms with Gasteiger partial charge in [-0.1, -0.05) is 78.3 Å². The highest BCUT2D eigenvalue weighted by Gasteiger charge is 2.25. The average molecular weight is 496 g/mol. The van der Waals surface area contributed by atoms with E-state index in [1.54, 1.807) is 6.07 Å². The number of aromatic nitrogens is 1. The molecule has 0 unspecified atom stereocenters. The first-order valence-electron chi connectivity index (χ1n) is 11.6. The molecule has 0 saturated carbocycles. The Labute approximate surface area is 213 Å². The lowest BCUT2D eigenvalue weighted by atomic mass is 9.98. The van der Waals surface area contributed by atoms with Crippen LogP contribution >= 0.6 is 11.6 Å². The van der Waals surface area contributed by atoms with Crippen molar-refractivity contribution >= 4 is 28.5 Å². The summed E-state index contributed by atoms with van der Waals surface area (Å²) in [5, 5.41) is 11.8. The monoisotopic (exact) mass is 495 g/mol. The lowest BCUT2D eigenvalue weighted by molar-refractivity contribution is 0.0687. The molecule has 5 nitrogen and oxygen atoms in total. The number of hydrogen-bond acceptors (Lipinski definition) is 3. The van der Waals surface area contributed by atoms with Crippen LogP contribution in [0.1, 0.15) is 27.2 Å². The van der Waals surface area contributed by atoms with Gasteiger partial charge in [0.15, 0.2) is 11.5 Å². The number of carboxylic acids is 1. The molecule has 6 heteroatoms. The number of nitrogens with zero attached hydrogens (tertiary/aromatic N) is 1. The Hall–Kier alpha value is -4.22. The predicted molar refractivity (Wildman–Crippen MR) is 140 cm³/mol. The molecule has 4 aromatic carbocycles. The second kappa shape index (κ2) is 9.10. The third kappa shape index (κ3) is 3.97. The quantitative estimate of drug-likeness (QED) is 0.275. The fourth-order valence-electron chi connectivity index (χ4n) is 4.88. The van der Waals surface area contributed by atoms with Crippen molar-refractivity contribution in [3.05, 3.63) is 118 Å². The van der Waals surface area contributed by atoms with Crippen molar-refractivity contribution in [1.82, 2.24) is 4.57 Å². The van der Waals surface area contributed by atoms with Crippen LogP contribution in [0.4, 0.5) is 0 Å². The second-order valence-corrected chi connectivity index (χ2v) is 9.20. The molecule has 0 spiro atoms. The highest BCUT2D eigenvalue weighted by molar-refractivity contribution is 6.31. The zero-order chi connectivity index (χ0) is 24.6. The molecule has 178 valence electrons. The van der Waals surface area contributed by atoms with Gasteiger partial charge in [0.25, 0.3) is 0 Å². The van der Waals surface area contributed by atoms with Crippen LogP contribution in [0.5, 0.6) is 11.5 Å². The Bertz CT molecular complexity index is 1590. The van der Waals surface area contributed by atoms with Gasteiger partial charge in [-0.25, -0.2) is 4.79 Å². The van der Waals surface area contributed by atoms with Gasteiger partial charge in [-0.2, -0.15) is 0 Å². The summed E-state index contributed by atoms with van der Waals surface area (Å²) in [4.78, 5) is 12.7. The summed E-state index contributed by atoms with van der Waals surface area (Å²) in [7, 11) is 0. The molecule has 1 aliphatic rings. The summed E-state index contributed by atoms with van der Waals surface area (Å²) in [5.74, 6) is 0.206. The van der Waals surface area contributed by atoms with Crippen molar-refractivity contribution in [3.63, 3.8) is 0 Å². The molecule has 0 radical (unpaired) electrons. The third-order valence-electron chi connectivity index (χ3n) is 6.51. The number of hydrogen-bond donors (Lipinski definition) is 1. The molecule has 0 amide bonds. The van der Waals surface area contributed by atoms with E-state index in [-0.39, 0.29) is 19.0 Å². The van der Waals surface area contributed by atoms with Crippen LogP contribution in [0.25, 0.3) is 22.0 Å². The first-order chi connectivity index (χ1) is 17.6. The van der Waals surface area contributed by atoms with Gasteiger partial charge in [-0.05, 0) is 46.9 Å². The lowest BCUT2D eigenvalue weighted by Gasteiger charge is -2.12. The Morgan fingerprint density at radius 3 is 2.28 bits per heavy atom. The number of aromatic carboxylic acids is 1. The molecular formula is C30H22ClNO4. The molecule has 1 aliphatic heterocycles. The highest BCUT2D eigenvalue weighted by Crippen LogP contribution is 2.40. The molecule has 0 saturated heterocycles. The standard InChI is InChI=1S/C30H22ClNO4/c31-24-16-27-26(35-18-36-27)15-22(24)17-32-25-12-11-20(13-19-7-3-1-4-8-19)14-23(25)28(29(32)30(33)34)21-9-5-2-6-10-21/h1-12,14-16H,13,17-18H2,(H,33,34). The Kier molecular flexibility index (Phi) is 5.62. The van der Waals surface area contributed by atoms with E-state index < -0.39 is 5.97 Å². The summed E-state index contributed by atoms with van der Waals surface area (Å²) in [6, 6.07) is 29.6. The van der Waals surface area contributed by atoms with Gasteiger partial charge in [0, 0.05) is 27.6 Å². The minimum Gasteiger partial charge on any atom is -0.477 e.